The molecule has 2 aliphatic rings. The Hall–Kier alpha value is -2.41. The van der Waals surface area contributed by atoms with Crippen LogP contribution in [0.15, 0.2) is 16.8 Å². The van der Waals surface area contributed by atoms with Gasteiger partial charge in [-0.2, -0.15) is 0 Å². The van der Waals surface area contributed by atoms with E-state index in [1.807, 2.05) is 29.6 Å². The van der Waals surface area contributed by atoms with Gasteiger partial charge in [-0.25, -0.2) is 4.98 Å². The lowest BCUT2D eigenvalue weighted by Gasteiger charge is -2.35. The number of carbonyl (C=O) groups excluding carboxylic acids is 2. The number of hydrogen-bond acceptors (Lipinski definition) is 5. The standard InChI is InChI=1S/C20H26N4O3/c1-12-16-14(25)9-20(2,3)10-15(16)27-17(12)19(26)24-8-5-21-11-13(24)18-22-6-7-23(18)4/h6-7,13,21H,5,8-11H2,1-4H3. The van der Waals surface area contributed by atoms with Gasteiger partial charge < -0.3 is 19.2 Å². The van der Waals surface area contributed by atoms with E-state index in [9.17, 15) is 9.59 Å². The van der Waals surface area contributed by atoms with Gasteiger partial charge in [0.1, 0.15) is 17.6 Å². The van der Waals surface area contributed by atoms with Gasteiger partial charge in [0.25, 0.3) is 5.91 Å². The van der Waals surface area contributed by atoms with Crippen molar-refractivity contribution in [3.05, 3.63) is 40.9 Å². The zero-order valence-corrected chi connectivity index (χ0v) is 16.3. The van der Waals surface area contributed by atoms with E-state index in [0.29, 0.717) is 48.6 Å². The molecule has 0 spiro atoms. The number of ketones is 1. The van der Waals surface area contributed by atoms with Crippen LogP contribution in [0.3, 0.4) is 0 Å². The Bertz CT molecular complexity index is 908. The third kappa shape index (κ3) is 3.00. The molecular formula is C20H26N4O3. The Morgan fingerprint density at radius 2 is 2.15 bits per heavy atom. The maximum Gasteiger partial charge on any atom is 0.290 e. The first kappa shape index (κ1) is 18.0. The maximum atomic E-state index is 13.4. The van der Waals surface area contributed by atoms with Gasteiger partial charge in [0, 0.05) is 57.5 Å². The molecule has 0 bridgehead atoms. The van der Waals surface area contributed by atoms with Crippen molar-refractivity contribution < 1.29 is 14.0 Å². The van der Waals surface area contributed by atoms with Gasteiger partial charge in [0.05, 0.1) is 5.56 Å². The highest BCUT2D eigenvalue weighted by Gasteiger charge is 2.39. The third-order valence-corrected chi connectivity index (χ3v) is 5.63. The van der Waals surface area contributed by atoms with Gasteiger partial charge in [-0.15, -0.1) is 0 Å². The number of aryl methyl sites for hydroxylation is 1. The molecule has 1 saturated heterocycles. The molecule has 0 aromatic carbocycles. The average molecular weight is 370 g/mol. The van der Waals surface area contributed by atoms with Crippen LogP contribution in [0.5, 0.6) is 0 Å². The normalized spacial score (nSPS) is 22.0. The number of carbonyl (C=O) groups is 2. The second-order valence-corrected chi connectivity index (χ2v) is 8.41. The summed E-state index contributed by atoms with van der Waals surface area (Å²) in [6.07, 6.45) is 4.78. The summed E-state index contributed by atoms with van der Waals surface area (Å²) in [5, 5.41) is 3.34. The molecule has 7 heteroatoms. The van der Waals surface area contributed by atoms with Gasteiger partial charge in [-0.3, -0.25) is 9.59 Å². The predicted octanol–water partition coefficient (Wildman–Crippen LogP) is 2.26. The monoisotopic (exact) mass is 370 g/mol. The number of nitrogens with zero attached hydrogens (tertiary/aromatic N) is 3. The fourth-order valence-electron chi connectivity index (χ4n) is 4.29. The van der Waals surface area contributed by atoms with Crippen LogP contribution in [0, 0.1) is 12.3 Å². The highest BCUT2D eigenvalue weighted by molar-refractivity contribution is 6.03. The molecule has 1 N–H and O–H groups in total. The molecular weight excluding hydrogens is 344 g/mol. The van der Waals surface area contributed by atoms with Crippen LogP contribution in [0.1, 0.15) is 64.4 Å². The summed E-state index contributed by atoms with van der Waals surface area (Å²) >= 11 is 0. The first-order valence-electron chi connectivity index (χ1n) is 9.43. The molecule has 27 heavy (non-hydrogen) atoms. The molecule has 7 nitrogen and oxygen atoms in total. The van der Waals surface area contributed by atoms with Crippen LogP contribution >= 0.6 is 0 Å². The van der Waals surface area contributed by atoms with Crippen molar-refractivity contribution in [2.24, 2.45) is 12.5 Å². The lowest BCUT2D eigenvalue weighted by Crippen LogP contribution is -2.49. The van der Waals surface area contributed by atoms with Crippen molar-refractivity contribution in [2.75, 3.05) is 19.6 Å². The van der Waals surface area contributed by atoms with Crippen molar-refractivity contribution in [1.29, 1.82) is 0 Å². The molecule has 4 rings (SSSR count). The summed E-state index contributed by atoms with van der Waals surface area (Å²) in [6, 6.07) is -0.167. The molecule has 3 heterocycles. The molecule has 1 aliphatic carbocycles. The molecule has 2 aromatic rings. The first-order chi connectivity index (χ1) is 12.8. The minimum Gasteiger partial charge on any atom is -0.455 e. The van der Waals surface area contributed by atoms with Crippen molar-refractivity contribution in [2.45, 2.75) is 39.7 Å². The van der Waals surface area contributed by atoms with E-state index in [0.717, 1.165) is 12.4 Å². The minimum atomic E-state index is -0.167. The molecule has 0 saturated carbocycles. The molecule has 1 amide bonds. The van der Waals surface area contributed by atoms with Crippen LogP contribution < -0.4 is 5.32 Å². The molecule has 1 aliphatic heterocycles. The molecule has 1 unspecified atom stereocenters. The number of furan rings is 1. The Balaban J connectivity index is 1.70. The fraction of sp³-hybridized carbons (Fsp3) is 0.550. The number of imidazole rings is 1. The van der Waals surface area contributed by atoms with E-state index >= 15 is 0 Å². The second kappa shape index (κ2) is 6.34. The van der Waals surface area contributed by atoms with Crippen molar-refractivity contribution in [3.63, 3.8) is 0 Å². The second-order valence-electron chi connectivity index (χ2n) is 8.41. The van der Waals surface area contributed by atoms with Crippen LogP contribution in [0.25, 0.3) is 0 Å². The van der Waals surface area contributed by atoms with Gasteiger partial charge in [0.2, 0.25) is 0 Å². The van der Waals surface area contributed by atoms with Gasteiger partial charge in [-0.05, 0) is 12.3 Å². The lowest BCUT2D eigenvalue weighted by molar-refractivity contribution is 0.0583. The summed E-state index contributed by atoms with van der Waals surface area (Å²) in [6.45, 7) is 7.87. The topological polar surface area (TPSA) is 80.4 Å². The van der Waals surface area contributed by atoms with E-state index in [4.69, 9.17) is 4.42 Å². The van der Waals surface area contributed by atoms with Crippen LogP contribution in [0.4, 0.5) is 0 Å². The Labute approximate surface area is 158 Å². The molecule has 144 valence electrons. The number of piperazine rings is 1. The molecule has 0 radical (unpaired) electrons. The minimum absolute atomic E-state index is 0.0718. The van der Waals surface area contributed by atoms with Crippen LogP contribution in [-0.2, 0) is 13.5 Å². The van der Waals surface area contributed by atoms with Crippen molar-refractivity contribution in [3.8, 4) is 0 Å². The summed E-state index contributed by atoms with van der Waals surface area (Å²) in [5.74, 6) is 1.69. The lowest BCUT2D eigenvalue weighted by atomic mass is 9.76. The molecule has 1 atom stereocenters. The Morgan fingerprint density at radius 1 is 1.37 bits per heavy atom. The van der Waals surface area contributed by atoms with Crippen LogP contribution in [0.2, 0.25) is 0 Å². The van der Waals surface area contributed by atoms with E-state index in [2.05, 4.69) is 24.1 Å². The number of Topliss-reactive ketones (excluding diaryl/α,β-unsaturated/α-hetero) is 1. The van der Waals surface area contributed by atoms with Crippen molar-refractivity contribution >= 4 is 11.7 Å². The number of amides is 1. The summed E-state index contributed by atoms with van der Waals surface area (Å²) in [4.78, 5) is 32.2. The number of aromatic nitrogens is 2. The molecule has 2 aromatic heterocycles. The summed E-state index contributed by atoms with van der Waals surface area (Å²) in [5.41, 5.74) is 1.15. The Morgan fingerprint density at radius 3 is 2.85 bits per heavy atom. The number of nitrogens with one attached hydrogen (secondary N) is 1. The van der Waals surface area contributed by atoms with E-state index < -0.39 is 0 Å². The number of hydrogen-bond donors (Lipinski definition) is 1. The maximum absolute atomic E-state index is 13.4. The summed E-state index contributed by atoms with van der Waals surface area (Å²) in [7, 11) is 1.93. The van der Waals surface area contributed by atoms with Gasteiger partial charge in [0.15, 0.2) is 11.5 Å². The van der Waals surface area contributed by atoms with E-state index in [-0.39, 0.29) is 23.1 Å². The van der Waals surface area contributed by atoms with Crippen LogP contribution in [-0.4, -0.2) is 45.8 Å². The fourth-order valence-corrected chi connectivity index (χ4v) is 4.29. The van der Waals surface area contributed by atoms with Crippen molar-refractivity contribution in [1.82, 2.24) is 19.8 Å². The smallest absolute Gasteiger partial charge is 0.290 e. The average Bonchev–Trinajstić information content (AvgIpc) is 3.16. The third-order valence-electron chi connectivity index (χ3n) is 5.63. The SMILES string of the molecule is Cc1c(C(=O)N2CCNCC2c2nccn2C)oc2c1C(=O)CC(C)(C)C2. The predicted molar refractivity (Wildman–Crippen MR) is 99.7 cm³/mol. The molecule has 1 fully saturated rings. The highest BCUT2D eigenvalue weighted by Crippen LogP contribution is 2.39. The van der Waals surface area contributed by atoms with Gasteiger partial charge >= 0.3 is 0 Å². The zero-order chi connectivity index (χ0) is 19.3. The highest BCUT2D eigenvalue weighted by atomic mass is 16.4. The van der Waals surface area contributed by atoms with E-state index in [1.54, 1.807) is 6.20 Å². The largest absolute Gasteiger partial charge is 0.455 e. The summed E-state index contributed by atoms with van der Waals surface area (Å²) < 4.78 is 7.93. The Kier molecular flexibility index (Phi) is 4.22. The zero-order valence-electron chi connectivity index (χ0n) is 16.3. The first-order valence-corrected chi connectivity index (χ1v) is 9.43. The quantitative estimate of drug-likeness (QED) is 0.877. The number of rotatable bonds is 2. The van der Waals surface area contributed by atoms with Gasteiger partial charge in [-0.1, -0.05) is 13.8 Å². The van der Waals surface area contributed by atoms with E-state index in [1.165, 1.54) is 0 Å². The number of fused-ring (bicyclic) bond motifs is 1.